The molecular weight excluding hydrogens is 418 g/mol. The molecule has 0 unspecified atom stereocenters. The van der Waals surface area contributed by atoms with E-state index in [1.807, 2.05) is 60.7 Å². The average Bonchev–Trinajstić information content (AvgIpc) is 2.89. The summed E-state index contributed by atoms with van der Waals surface area (Å²) in [4.78, 5) is 14.8. The van der Waals surface area contributed by atoms with Crippen LogP contribution < -0.4 is 9.64 Å². The van der Waals surface area contributed by atoms with Crippen LogP contribution in [0.2, 0.25) is 0 Å². The molecule has 126 valence electrons. The van der Waals surface area contributed by atoms with E-state index in [0.29, 0.717) is 9.23 Å². The number of amides is 1. The molecule has 0 atom stereocenters. The fourth-order valence-corrected chi connectivity index (χ4v) is 4.23. The van der Waals surface area contributed by atoms with Crippen LogP contribution in [-0.2, 0) is 4.79 Å². The van der Waals surface area contributed by atoms with Gasteiger partial charge in [-0.2, -0.15) is 0 Å². The number of hydrogen-bond donors (Lipinski definition) is 0. The van der Waals surface area contributed by atoms with Crippen molar-refractivity contribution >= 4 is 61.9 Å². The number of anilines is 1. The van der Waals surface area contributed by atoms with E-state index in [9.17, 15) is 4.79 Å². The lowest BCUT2D eigenvalue weighted by Gasteiger charge is -2.14. The lowest BCUT2D eigenvalue weighted by molar-refractivity contribution is -0.113. The first-order valence-electron chi connectivity index (χ1n) is 7.43. The number of nitrogens with zero attached hydrogens (tertiary/aromatic N) is 1. The van der Waals surface area contributed by atoms with Crippen LogP contribution in [0.3, 0.4) is 0 Å². The van der Waals surface area contributed by atoms with Gasteiger partial charge in [0.2, 0.25) is 0 Å². The van der Waals surface area contributed by atoms with Crippen LogP contribution in [0.15, 0.2) is 70.1 Å². The van der Waals surface area contributed by atoms with Gasteiger partial charge in [0, 0.05) is 4.48 Å². The van der Waals surface area contributed by atoms with Crippen molar-refractivity contribution in [1.82, 2.24) is 0 Å². The predicted octanol–water partition coefficient (Wildman–Crippen LogP) is 5.38. The molecule has 0 bridgehead atoms. The molecule has 2 aromatic rings. The van der Waals surface area contributed by atoms with Crippen molar-refractivity contribution in [3.8, 4) is 5.75 Å². The zero-order valence-electron chi connectivity index (χ0n) is 13.3. The highest BCUT2D eigenvalue weighted by Gasteiger charge is 2.33. The molecule has 0 spiro atoms. The van der Waals surface area contributed by atoms with E-state index in [4.69, 9.17) is 17.0 Å². The molecule has 0 N–H and O–H groups in total. The van der Waals surface area contributed by atoms with Crippen molar-refractivity contribution in [1.29, 1.82) is 0 Å². The summed E-state index contributed by atoms with van der Waals surface area (Å²) < 4.78 is 6.48. The number of thiocarbonyl (C=S) groups is 1. The van der Waals surface area contributed by atoms with Gasteiger partial charge in [0.05, 0.1) is 17.7 Å². The molecule has 0 saturated carbocycles. The number of carbonyl (C=O) groups excluding carboxylic acids is 1. The number of thioether (sulfide) groups is 1. The smallest absolute Gasteiger partial charge is 0.270 e. The molecule has 3 nitrogen and oxygen atoms in total. The summed E-state index contributed by atoms with van der Waals surface area (Å²) >= 11 is 10.2. The summed E-state index contributed by atoms with van der Waals surface area (Å²) in [5, 5.41) is 0. The van der Waals surface area contributed by atoms with E-state index < -0.39 is 0 Å². The zero-order chi connectivity index (χ0) is 17.8. The monoisotopic (exact) mass is 431 g/mol. The lowest BCUT2D eigenvalue weighted by atomic mass is 10.2. The molecule has 2 aromatic carbocycles. The maximum atomic E-state index is 12.7. The largest absolute Gasteiger partial charge is 0.497 e. The standard InChI is InChI=1S/C19H14BrNO2S2/c1-23-16-9-7-15(8-10-16)21-18(22)17(25-19(21)24)12-14(20)11-13-5-3-2-4-6-13/h2-12H,1H3/b14-11-,17-12-. The fourth-order valence-electron chi connectivity index (χ4n) is 2.30. The third-order valence-corrected chi connectivity index (χ3v) is 5.26. The molecule has 25 heavy (non-hydrogen) atoms. The number of benzene rings is 2. The number of allylic oxidation sites excluding steroid dienone is 2. The first-order chi connectivity index (χ1) is 12.1. The van der Waals surface area contributed by atoms with Gasteiger partial charge in [-0.15, -0.1) is 0 Å². The number of hydrogen-bond acceptors (Lipinski definition) is 4. The van der Waals surface area contributed by atoms with Crippen molar-refractivity contribution in [2.75, 3.05) is 12.0 Å². The summed E-state index contributed by atoms with van der Waals surface area (Å²) in [7, 11) is 1.61. The van der Waals surface area contributed by atoms with Gasteiger partial charge in [0.25, 0.3) is 5.91 Å². The fraction of sp³-hybridized carbons (Fsp3) is 0.0526. The Morgan fingerprint density at radius 2 is 1.84 bits per heavy atom. The minimum absolute atomic E-state index is 0.126. The second kappa shape index (κ2) is 7.99. The van der Waals surface area contributed by atoms with Gasteiger partial charge in [-0.1, -0.05) is 70.2 Å². The number of halogens is 1. The summed E-state index contributed by atoms with van der Waals surface area (Å²) in [6, 6.07) is 17.2. The number of rotatable bonds is 4. The van der Waals surface area contributed by atoms with Crippen LogP contribution in [0.5, 0.6) is 5.75 Å². The van der Waals surface area contributed by atoms with Gasteiger partial charge in [0.1, 0.15) is 5.75 Å². The summed E-state index contributed by atoms with van der Waals surface area (Å²) in [6.07, 6.45) is 3.76. The Kier molecular flexibility index (Phi) is 5.73. The molecule has 1 aliphatic rings. The van der Waals surface area contributed by atoms with Crippen LogP contribution in [0, 0.1) is 0 Å². The SMILES string of the molecule is COc1ccc(N2C(=O)/C(=C/C(Br)=C/c3ccccc3)SC2=S)cc1. The average molecular weight is 432 g/mol. The number of methoxy groups -OCH3 is 1. The molecule has 3 rings (SSSR count). The minimum Gasteiger partial charge on any atom is -0.497 e. The molecule has 1 amide bonds. The van der Waals surface area contributed by atoms with Gasteiger partial charge in [0.15, 0.2) is 4.32 Å². The Morgan fingerprint density at radius 3 is 2.48 bits per heavy atom. The van der Waals surface area contributed by atoms with E-state index in [0.717, 1.165) is 21.5 Å². The quantitative estimate of drug-likeness (QED) is 0.479. The second-order valence-electron chi connectivity index (χ2n) is 5.16. The molecule has 0 aromatic heterocycles. The first-order valence-corrected chi connectivity index (χ1v) is 9.44. The predicted molar refractivity (Wildman–Crippen MR) is 112 cm³/mol. The Labute approximate surface area is 164 Å². The maximum Gasteiger partial charge on any atom is 0.270 e. The Hall–Kier alpha value is -1.89. The van der Waals surface area contributed by atoms with E-state index >= 15 is 0 Å². The summed E-state index contributed by atoms with van der Waals surface area (Å²) in [5.41, 5.74) is 1.78. The van der Waals surface area contributed by atoms with Crippen LogP contribution >= 0.6 is 39.9 Å². The molecule has 0 aliphatic carbocycles. The molecule has 1 heterocycles. The summed E-state index contributed by atoms with van der Waals surface area (Å²) in [5.74, 6) is 0.608. The van der Waals surface area contributed by atoms with Crippen molar-refractivity contribution in [3.05, 3.63) is 75.6 Å². The highest BCUT2D eigenvalue weighted by Crippen LogP contribution is 2.36. The molecular formula is C19H14BrNO2S2. The van der Waals surface area contributed by atoms with Crippen LogP contribution in [0.25, 0.3) is 6.08 Å². The molecule has 0 radical (unpaired) electrons. The molecule has 6 heteroatoms. The van der Waals surface area contributed by atoms with Gasteiger partial charge < -0.3 is 4.74 Å². The third-order valence-electron chi connectivity index (χ3n) is 3.50. The highest BCUT2D eigenvalue weighted by molar-refractivity contribution is 9.12. The van der Waals surface area contributed by atoms with Crippen molar-refractivity contribution in [3.63, 3.8) is 0 Å². The van der Waals surface area contributed by atoms with Crippen molar-refractivity contribution < 1.29 is 9.53 Å². The van der Waals surface area contributed by atoms with Gasteiger partial charge >= 0.3 is 0 Å². The van der Waals surface area contributed by atoms with Crippen molar-refractivity contribution in [2.45, 2.75) is 0 Å². The van der Waals surface area contributed by atoms with E-state index in [-0.39, 0.29) is 5.91 Å². The van der Waals surface area contributed by atoms with Gasteiger partial charge in [-0.3, -0.25) is 9.69 Å². The summed E-state index contributed by atoms with van der Waals surface area (Å²) in [6.45, 7) is 0. The van der Waals surface area contributed by atoms with E-state index in [1.165, 1.54) is 16.7 Å². The Balaban J connectivity index is 1.84. The zero-order valence-corrected chi connectivity index (χ0v) is 16.5. The minimum atomic E-state index is -0.126. The molecule has 1 fully saturated rings. The maximum absolute atomic E-state index is 12.7. The highest BCUT2D eigenvalue weighted by atomic mass is 79.9. The van der Waals surface area contributed by atoms with Gasteiger partial charge in [-0.25, -0.2) is 0 Å². The first kappa shape index (κ1) is 17.9. The normalized spacial score (nSPS) is 16.6. The Bertz CT molecular complexity index is 861. The molecule has 1 aliphatic heterocycles. The third kappa shape index (κ3) is 4.21. The van der Waals surface area contributed by atoms with Crippen molar-refractivity contribution in [2.24, 2.45) is 0 Å². The van der Waals surface area contributed by atoms with Crippen LogP contribution in [-0.4, -0.2) is 17.3 Å². The Morgan fingerprint density at radius 1 is 1.16 bits per heavy atom. The lowest BCUT2D eigenvalue weighted by Crippen LogP contribution is -2.27. The van der Waals surface area contributed by atoms with Gasteiger partial charge in [-0.05, 0) is 42.0 Å². The van der Waals surface area contributed by atoms with Crippen LogP contribution in [0.4, 0.5) is 5.69 Å². The number of ether oxygens (including phenoxy) is 1. The second-order valence-corrected chi connectivity index (χ2v) is 7.75. The number of carbonyl (C=O) groups is 1. The van der Waals surface area contributed by atoms with E-state index in [2.05, 4.69) is 15.9 Å². The topological polar surface area (TPSA) is 29.5 Å². The van der Waals surface area contributed by atoms with E-state index in [1.54, 1.807) is 13.2 Å². The van der Waals surface area contributed by atoms with Crippen LogP contribution in [0.1, 0.15) is 5.56 Å². The molecule has 1 saturated heterocycles.